The topological polar surface area (TPSA) is 21.3 Å². The van der Waals surface area contributed by atoms with Crippen LogP contribution in [0.4, 0.5) is 17.6 Å². The van der Waals surface area contributed by atoms with Crippen LogP contribution in [0.5, 0.6) is 5.75 Å². The number of rotatable bonds is 6. The zero-order valence-electron chi connectivity index (χ0n) is 10.2. The van der Waals surface area contributed by atoms with E-state index >= 15 is 0 Å². The van der Waals surface area contributed by atoms with Crippen LogP contribution in [-0.4, -0.2) is 19.2 Å². The van der Waals surface area contributed by atoms with E-state index in [1.165, 1.54) is 0 Å². The van der Waals surface area contributed by atoms with Crippen molar-refractivity contribution in [2.24, 2.45) is 0 Å². The minimum atomic E-state index is -1.52. The second-order valence-electron chi connectivity index (χ2n) is 3.91. The lowest BCUT2D eigenvalue weighted by atomic mass is 10.2. The van der Waals surface area contributed by atoms with Gasteiger partial charge in [-0.25, -0.2) is 8.78 Å². The molecule has 1 unspecified atom stereocenters. The van der Waals surface area contributed by atoms with E-state index in [-0.39, 0.29) is 18.7 Å². The first kappa shape index (κ1) is 14.8. The van der Waals surface area contributed by atoms with Crippen molar-refractivity contribution in [3.05, 3.63) is 29.3 Å². The second kappa shape index (κ2) is 6.58. The Kier molecular flexibility index (Phi) is 5.40. The number of halogens is 4. The van der Waals surface area contributed by atoms with Crippen LogP contribution in [0.25, 0.3) is 0 Å². The third kappa shape index (κ3) is 3.60. The molecule has 1 atom stereocenters. The van der Waals surface area contributed by atoms with E-state index in [9.17, 15) is 17.6 Å². The van der Waals surface area contributed by atoms with Crippen LogP contribution in [0.1, 0.15) is 20.3 Å². The Bertz CT molecular complexity index is 385. The third-order valence-corrected chi connectivity index (χ3v) is 2.53. The van der Waals surface area contributed by atoms with Crippen molar-refractivity contribution in [1.82, 2.24) is 5.32 Å². The fraction of sp³-hybridized carbons (Fsp3) is 0.500. The van der Waals surface area contributed by atoms with Gasteiger partial charge in [0.1, 0.15) is 6.61 Å². The molecule has 1 rings (SSSR count). The van der Waals surface area contributed by atoms with Gasteiger partial charge in [0.2, 0.25) is 11.6 Å². The standard InChI is InChI=1S/C12H15F4NO/c1-3-7(2)17-4-5-18-12-10(15)8(13)6-9(14)11(12)16/h6-7,17H,3-5H2,1-2H3. The zero-order chi connectivity index (χ0) is 13.7. The number of benzene rings is 1. The lowest BCUT2D eigenvalue weighted by Crippen LogP contribution is -2.29. The predicted molar refractivity (Wildman–Crippen MR) is 59.5 cm³/mol. The van der Waals surface area contributed by atoms with E-state index in [4.69, 9.17) is 4.74 Å². The molecule has 0 bridgehead atoms. The molecule has 0 aliphatic carbocycles. The van der Waals surface area contributed by atoms with Crippen molar-refractivity contribution in [2.45, 2.75) is 26.3 Å². The average Bonchev–Trinajstić information content (AvgIpc) is 2.35. The highest BCUT2D eigenvalue weighted by molar-refractivity contribution is 5.28. The van der Waals surface area contributed by atoms with Crippen LogP contribution in [0.3, 0.4) is 0 Å². The summed E-state index contributed by atoms with van der Waals surface area (Å²) in [6.07, 6.45) is 0.886. The Morgan fingerprint density at radius 2 is 1.72 bits per heavy atom. The molecule has 0 radical (unpaired) electrons. The summed E-state index contributed by atoms with van der Waals surface area (Å²) in [5.74, 6) is -6.99. The minimum absolute atomic E-state index is 0.0823. The van der Waals surface area contributed by atoms with Gasteiger partial charge in [-0.3, -0.25) is 0 Å². The van der Waals surface area contributed by atoms with Crippen molar-refractivity contribution >= 4 is 0 Å². The molecule has 102 valence electrons. The van der Waals surface area contributed by atoms with Crippen LogP contribution in [0.2, 0.25) is 0 Å². The summed E-state index contributed by atoms with van der Waals surface area (Å²) in [6.45, 7) is 4.15. The SMILES string of the molecule is CCC(C)NCCOc1c(F)c(F)cc(F)c1F. The van der Waals surface area contributed by atoms with E-state index in [0.717, 1.165) is 6.42 Å². The number of nitrogens with one attached hydrogen (secondary N) is 1. The molecule has 0 saturated heterocycles. The van der Waals surface area contributed by atoms with E-state index in [1.807, 2.05) is 13.8 Å². The van der Waals surface area contributed by atoms with Gasteiger partial charge < -0.3 is 10.1 Å². The highest BCUT2D eigenvalue weighted by atomic mass is 19.2. The maximum Gasteiger partial charge on any atom is 0.203 e. The predicted octanol–water partition coefficient (Wildman–Crippen LogP) is 3.01. The smallest absolute Gasteiger partial charge is 0.203 e. The van der Waals surface area contributed by atoms with Gasteiger partial charge in [0.15, 0.2) is 17.4 Å². The molecule has 0 aliphatic rings. The van der Waals surface area contributed by atoms with Crippen LogP contribution < -0.4 is 10.1 Å². The highest BCUT2D eigenvalue weighted by Crippen LogP contribution is 2.26. The highest BCUT2D eigenvalue weighted by Gasteiger charge is 2.20. The van der Waals surface area contributed by atoms with Gasteiger partial charge in [0.05, 0.1) is 0 Å². The zero-order valence-corrected chi connectivity index (χ0v) is 10.2. The summed E-state index contributed by atoms with van der Waals surface area (Å²) in [7, 11) is 0. The summed E-state index contributed by atoms with van der Waals surface area (Å²) in [5, 5.41) is 3.01. The fourth-order valence-electron chi connectivity index (χ4n) is 1.28. The molecule has 0 aromatic heterocycles. The first-order valence-corrected chi connectivity index (χ1v) is 5.66. The molecule has 0 saturated carbocycles. The van der Waals surface area contributed by atoms with Crippen LogP contribution in [0, 0.1) is 23.3 Å². The molecule has 1 N–H and O–H groups in total. The van der Waals surface area contributed by atoms with E-state index < -0.39 is 29.0 Å². The van der Waals surface area contributed by atoms with E-state index in [0.29, 0.717) is 6.54 Å². The van der Waals surface area contributed by atoms with Crippen molar-refractivity contribution in [1.29, 1.82) is 0 Å². The Morgan fingerprint density at radius 1 is 1.17 bits per heavy atom. The first-order chi connectivity index (χ1) is 8.47. The molecular formula is C12H15F4NO. The third-order valence-electron chi connectivity index (χ3n) is 2.53. The summed E-state index contributed by atoms with van der Waals surface area (Å²) >= 11 is 0. The molecule has 0 amide bonds. The molecule has 18 heavy (non-hydrogen) atoms. The van der Waals surface area contributed by atoms with Gasteiger partial charge in [0, 0.05) is 18.7 Å². The lowest BCUT2D eigenvalue weighted by molar-refractivity contribution is 0.266. The first-order valence-electron chi connectivity index (χ1n) is 5.66. The van der Waals surface area contributed by atoms with Gasteiger partial charge in [0.25, 0.3) is 0 Å². The van der Waals surface area contributed by atoms with Gasteiger partial charge in [-0.2, -0.15) is 8.78 Å². The summed E-state index contributed by atoms with van der Waals surface area (Å²) in [4.78, 5) is 0. The molecule has 0 spiro atoms. The van der Waals surface area contributed by atoms with Gasteiger partial charge in [-0.05, 0) is 13.3 Å². The van der Waals surface area contributed by atoms with Crippen LogP contribution >= 0.6 is 0 Å². The Balaban J connectivity index is 2.62. The summed E-state index contributed by atoms with van der Waals surface area (Å²) in [5.41, 5.74) is 0. The van der Waals surface area contributed by atoms with Gasteiger partial charge in [-0.1, -0.05) is 6.92 Å². The van der Waals surface area contributed by atoms with Crippen molar-refractivity contribution in [3.63, 3.8) is 0 Å². The normalized spacial score (nSPS) is 12.6. The van der Waals surface area contributed by atoms with Gasteiger partial charge in [-0.15, -0.1) is 0 Å². The maximum atomic E-state index is 13.2. The quantitative estimate of drug-likeness (QED) is 0.485. The average molecular weight is 265 g/mol. The van der Waals surface area contributed by atoms with Crippen LogP contribution in [-0.2, 0) is 0 Å². The number of hydrogen-bond acceptors (Lipinski definition) is 2. The van der Waals surface area contributed by atoms with E-state index in [2.05, 4.69) is 5.32 Å². The van der Waals surface area contributed by atoms with Crippen LogP contribution in [0.15, 0.2) is 6.07 Å². The van der Waals surface area contributed by atoms with Crippen molar-refractivity contribution < 1.29 is 22.3 Å². The molecule has 0 fully saturated rings. The fourth-order valence-corrected chi connectivity index (χ4v) is 1.28. The summed E-state index contributed by atoms with van der Waals surface area (Å²) < 4.78 is 56.7. The van der Waals surface area contributed by atoms with Gasteiger partial charge >= 0.3 is 0 Å². The minimum Gasteiger partial charge on any atom is -0.486 e. The molecule has 0 aliphatic heterocycles. The number of ether oxygens (including phenoxy) is 1. The Hall–Kier alpha value is -1.30. The molecular weight excluding hydrogens is 250 g/mol. The Labute approximate surface area is 103 Å². The monoisotopic (exact) mass is 265 g/mol. The molecule has 0 heterocycles. The Morgan fingerprint density at radius 3 is 2.22 bits per heavy atom. The molecule has 2 nitrogen and oxygen atoms in total. The van der Waals surface area contributed by atoms with E-state index in [1.54, 1.807) is 0 Å². The largest absolute Gasteiger partial charge is 0.486 e. The van der Waals surface area contributed by atoms with Crippen molar-refractivity contribution in [3.8, 4) is 5.75 Å². The van der Waals surface area contributed by atoms with Crippen molar-refractivity contribution in [2.75, 3.05) is 13.2 Å². The summed E-state index contributed by atoms with van der Waals surface area (Å²) in [6, 6.07) is 0.377. The number of hydrogen-bond donors (Lipinski definition) is 1. The maximum absolute atomic E-state index is 13.2. The molecule has 1 aromatic rings. The molecule has 1 aromatic carbocycles. The lowest BCUT2D eigenvalue weighted by Gasteiger charge is -2.13. The second-order valence-corrected chi connectivity index (χ2v) is 3.91. The molecule has 6 heteroatoms.